The normalized spacial score (nSPS) is 21.4. The maximum absolute atomic E-state index is 11.3. The third-order valence-corrected chi connectivity index (χ3v) is 11.9. The van der Waals surface area contributed by atoms with Crippen molar-refractivity contribution in [1.82, 2.24) is 0 Å². The molecule has 0 saturated carbocycles. The molecule has 34 heavy (non-hydrogen) atoms. The molecule has 186 valence electrons. The summed E-state index contributed by atoms with van der Waals surface area (Å²) in [6, 6.07) is 21.6. The first-order chi connectivity index (χ1) is 16.1. The Bertz CT molecular complexity index is 852. The van der Waals surface area contributed by atoms with Crippen LogP contribution in [0.15, 0.2) is 60.7 Å². The molecule has 0 N–H and O–H groups in total. The van der Waals surface area contributed by atoms with Gasteiger partial charge < -0.3 is 18.7 Å². The summed E-state index contributed by atoms with van der Waals surface area (Å²) in [6.07, 6.45) is 5.47. The van der Waals surface area contributed by atoms with Crippen LogP contribution < -0.4 is 10.4 Å². The van der Waals surface area contributed by atoms with Gasteiger partial charge in [0.1, 0.15) is 6.10 Å². The highest BCUT2D eigenvalue weighted by molar-refractivity contribution is 6.99. The van der Waals surface area contributed by atoms with Crippen LogP contribution >= 0.6 is 0 Å². The summed E-state index contributed by atoms with van der Waals surface area (Å²) in [5, 5.41) is 2.63. The minimum atomic E-state index is -2.51. The van der Waals surface area contributed by atoms with Gasteiger partial charge in [0, 0.05) is 6.10 Å². The average molecular weight is 483 g/mol. The molecule has 1 aliphatic rings. The summed E-state index contributed by atoms with van der Waals surface area (Å²) >= 11 is 0. The van der Waals surface area contributed by atoms with Gasteiger partial charge in [0.05, 0.1) is 6.10 Å². The molecule has 0 unspecified atom stereocenters. The molecule has 0 amide bonds. The van der Waals surface area contributed by atoms with Gasteiger partial charge in [-0.3, -0.25) is 0 Å². The average Bonchev–Trinajstić information content (AvgIpc) is 3.11. The van der Waals surface area contributed by atoms with Gasteiger partial charge in [-0.1, -0.05) is 101 Å². The van der Waals surface area contributed by atoms with Gasteiger partial charge in [-0.15, -0.1) is 0 Å². The second-order valence-electron chi connectivity index (χ2n) is 11.0. The summed E-state index contributed by atoms with van der Waals surface area (Å²) in [7, 11) is -2.51. The molecule has 3 rings (SSSR count). The quantitative estimate of drug-likeness (QED) is 0.237. The van der Waals surface area contributed by atoms with E-state index in [1.807, 2.05) is 13.8 Å². The smallest absolute Gasteiger partial charge is 0.261 e. The maximum Gasteiger partial charge on any atom is 0.261 e. The number of carbonyl (C=O) groups excluding carboxylic acids is 1. The standard InChI is InChI=1S/C29H42O4Si/c1-23(16-10-7-15-21-26-27(22-30)32-29(5,6)31-26)33-34(28(2,3)4,24-17-11-8-12-18-24)25-19-13-9-14-20-25/h8-9,11-14,17-20,22-23,26-27H,7,10,15-16,21H2,1-6H3/t23-,26-,27-/m1/s1. The Labute approximate surface area is 207 Å². The van der Waals surface area contributed by atoms with Crippen LogP contribution in [0.3, 0.4) is 0 Å². The second kappa shape index (κ2) is 11.3. The fraction of sp³-hybridized carbons (Fsp3) is 0.552. The first-order valence-electron chi connectivity index (χ1n) is 12.7. The Morgan fingerprint density at radius 1 is 0.941 bits per heavy atom. The molecule has 1 saturated heterocycles. The summed E-state index contributed by atoms with van der Waals surface area (Å²) in [4.78, 5) is 11.3. The molecule has 0 radical (unpaired) electrons. The van der Waals surface area contributed by atoms with Crippen molar-refractivity contribution in [2.45, 2.75) is 103 Å². The lowest BCUT2D eigenvalue weighted by molar-refractivity contribution is -0.150. The van der Waals surface area contributed by atoms with E-state index < -0.39 is 20.2 Å². The zero-order valence-electron chi connectivity index (χ0n) is 21.8. The van der Waals surface area contributed by atoms with Gasteiger partial charge in [0.2, 0.25) is 0 Å². The second-order valence-corrected chi connectivity index (χ2v) is 15.3. The van der Waals surface area contributed by atoms with Crippen molar-refractivity contribution in [3.8, 4) is 0 Å². The monoisotopic (exact) mass is 482 g/mol. The first-order valence-corrected chi connectivity index (χ1v) is 14.6. The molecule has 0 bridgehead atoms. The van der Waals surface area contributed by atoms with Gasteiger partial charge in [-0.05, 0) is 49.0 Å². The Morgan fingerprint density at radius 3 is 2.00 bits per heavy atom. The van der Waals surface area contributed by atoms with Crippen molar-refractivity contribution in [2.24, 2.45) is 0 Å². The fourth-order valence-electron chi connectivity index (χ4n) is 5.21. The van der Waals surface area contributed by atoms with E-state index in [1.165, 1.54) is 10.4 Å². The van der Waals surface area contributed by atoms with Crippen LogP contribution in [0.1, 0.15) is 73.6 Å². The zero-order chi connectivity index (χ0) is 24.8. The largest absolute Gasteiger partial charge is 0.405 e. The predicted molar refractivity (Wildman–Crippen MR) is 141 cm³/mol. The molecule has 4 nitrogen and oxygen atoms in total. The number of carbonyl (C=O) groups is 1. The van der Waals surface area contributed by atoms with Crippen LogP contribution in [0.25, 0.3) is 0 Å². The van der Waals surface area contributed by atoms with Gasteiger partial charge in [0.15, 0.2) is 12.1 Å². The number of ether oxygens (including phenoxy) is 2. The highest BCUT2D eigenvalue weighted by Crippen LogP contribution is 2.38. The van der Waals surface area contributed by atoms with Crippen molar-refractivity contribution in [2.75, 3.05) is 0 Å². The van der Waals surface area contributed by atoms with Crippen molar-refractivity contribution in [3.05, 3.63) is 60.7 Å². The Kier molecular flexibility index (Phi) is 8.91. The van der Waals surface area contributed by atoms with Crippen LogP contribution in [0.4, 0.5) is 0 Å². The van der Waals surface area contributed by atoms with E-state index in [0.29, 0.717) is 0 Å². The Hall–Kier alpha value is -1.79. The summed E-state index contributed by atoms with van der Waals surface area (Å²) in [5.74, 6) is -0.672. The van der Waals surface area contributed by atoms with Crippen molar-refractivity contribution < 1.29 is 18.7 Å². The summed E-state index contributed by atoms with van der Waals surface area (Å²) in [6.45, 7) is 12.9. The van der Waals surface area contributed by atoms with Crippen molar-refractivity contribution in [1.29, 1.82) is 0 Å². The SMILES string of the molecule is C[C@H](CCCCC[C@H]1OC(C)(C)O[C@@H]1C=O)O[Si](c1ccccc1)(c1ccccc1)C(C)(C)C. The van der Waals surface area contributed by atoms with Gasteiger partial charge in [0.25, 0.3) is 8.32 Å². The van der Waals surface area contributed by atoms with Crippen LogP contribution in [0, 0.1) is 0 Å². The van der Waals surface area contributed by atoms with E-state index in [2.05, 4.69) is 88.4 Å². The number of hydrogen-bond acceptors (Lipinski definition) is 4. The lowest BCUT2D eigenvalue weighted by atomic mass is 10.0. The number of hydrogen-bond donors (Lipinski definition) is 0. The molecular weight excluding hydrogens is 440 g/mol. The van der Waals surface area contributed by atoms with E-state index in [-0.39, 0.29) is 17.2 Å². The van der Waals surface area contributed by atoms with Crippen LogP contribution in [0.2, 0.25) is 5.04 Å². The van der Waals surface area contributed by atoms with E-state index in [0.717, 1.165) is 38.4 Å². The van der Waals surface area contributed by atoms with Crippen molar-refractivity contribution >= 4 is 25.0 Å². The third kappa shape index (κ3) is 6.25. The molecule has 0 spiro atoms. The molecule has 0 aromatic heterocycles. The maximum atomic E-state index is 11.3. The van der Waals surface area contributed by atoms with E-state index in [4.69, 9.17) is 13.9 Å². The lowest BCUT2D eigenvalue weighted by Gasteiger charge is -2.44. The topological polar surface area (TPSA) is 44.8 Å². The van der Waals surface area contributed by atoms with E-state index >= 15 is 0 Å². The van der Waals surface area contributed by atoms with Gasteiger partial charge >= 0.3 is 0 Å². The summed E-state index contributed by atoms with van der Waals surface area (Å²) < 4.78 is 18.7. The molecule has 2 aromatic carbocycles. The Balaban J connectivity index is 1.64. The summed E-state index contributed by atoms with van der Waals surface area (Å²) in [5.41, 5.74) is 0. The number of rotatable bonds is 11. The predicted octanol–water partition coefficient (Wildman–Crippen LogP) is 5.62. The minimum Gasteiger partial charge on any atom is -0.405 e. The fourth-order valence-corrected chi connectivity index (χ4v) is 9.94. The molecule has 0 aliphatic carbocycles. The third-order valence-electron chi connectivity index (χ3n) is 6.75. The van der Waals surface area contributed by atoms with Crippen molar-refractivity contribution in [3.63, 3.8) is 0 Å². The molecule has 2 aromatic rings. The number of unbranched alkanes of at least 4 members (excludes halogenated alkanes) is 2. The molecule has 1 heterocycles. The van der Waals surface area contributed by atoms with E-state index in [9.17, 15) is 4.79 Å². The highest BCUT2D eigenvalue weighted by atomic mass is 28.4. The number of benzene rings is 2. The zero-order valence-corrected chi connectivity index (χ0v) is 22.8. The van der Waals surface area contributed by atoms with E-state index in [1.54, 1.807) is 0 Å². The molecule has 1 fully saturated rings. The molecule has 3 atom stereocenters. The molecule has 1 aliphatic heterocycles. The molecule has 5 heteroatoms. The Morgan fingerprint density at radius 2 is 1.50 bits per heavy atom. The van der Waals surface area contributed by atoms with Gasteiger partial charge in [-0.25, -0.2) is 0 Å². The number of aldehydes is 1. The van der Waals surface area contributed by atoms with Crippen LogP contribution in [-0.2, 0) is 18.7 Å². The lowest BCUT2D eigenvalue weighted by Crippen LogP contribution is -2.67. The van der Waals surface area contributed by atoms with Gasteiger partial charge in [-0.2, -0.15) is 0 Å². The van der Waals surface area contributed by atoms with Crippen LogP contribution in [0.5, 0.6) is 0 Å². The van der Waals surface area contributed by atoms with Crippen LogP contribution in [-0.4, -0.2) is 38.7 Å². The molecular formula is C29H42O4Si. The highest BCUT2D eigenvalue weighted by Gasteiger charge is 2.50. The minimum absolute atomic E-state index is 0.0135. The first kappa shape index (κ1) is 26.8.